The van der Waals surface area contributed by atoms with Crippen molar-refractivity contribution in [2.24, 2.45) is 0 Å². The van der Waals surface area contributed by atoms with Gasteiger partial charge in [-0.3, -0.25) is 4.79 Å². The van der Waals surface area contributed by atoms with Crippen molar-refractivity contribution in [3.05, 3.63) is 54.3 Å². The standard InChI is InChI=1S/C13H9ClO2/c14-13(15)8-7-10-4-1-2-5-11(10)12-6-3-9-16-12/h1-9H. The van der Waals surface area contributed by atoms with Gasteiger partial charge < -0.3 is 4.42 Å². The molecule has 0 saturated carbocycles. The lowest BCUT2D eigenvalue weighted by molar-refractivity contribution is -0.107. The first-order chi connectivity index (χ1) is 7.77. The number of carbonyl (C=O) groups is 1. The van der Waals surface area contributed by atoms with Crippen LogP contribution in [0.1, 0.15) is 5.56 Å². The fourth-order valence-electron chi connectivity index (χ4n) is 1.45. The summed E-state index contributed by atoms with van der Waals surface area (Å²) in [6.07, 6.45) is 4.61. The molecule has 16 heavy (non-hydrogen) atoms. The van der Waals surface area contributed by atoms with Crippen LogP contribution in [0.2, 0.25) is 0 Å². The van der Waals surface area contributed by atoms with E-state index in [1.54, 1.807) is 12.3 Å². The smallest absolute Gasteiger partial charge is 0.245 e. The van der Waals surface area contributed by atoms with Crippen molar-refractivity contribution in [1.29, 1.82) is 0 Å². The second-order valence-electron chi connectivity index (χ2n) is 3.20. The normalized spacial score (nSPS) is 10.8. The van der Waals surface area contributed by atoms with E-state index >= 15 is 0 Å². The average molecular weight is 233 g/mol. The molecule has 0 aliphatic carbocycles. The first-order valence-electron chi connectivity index (χ1n) is 4.78. The molecule has 0 spiro atoms. The minimum Gasteiger partial charge on any atom is -0.464 e. The summed E-state index contributed by atoms with van der Waals surface area (Å²) >= 11 is 5.26. The molecule has 0 bridgehead atoms. The van der Waals surface area contributed by atoms with Gasteiger partial charge in [0.2, 0.25) is 5.24 Å². The average Bonchev–Trinajstić information content (AvgIpc) is 2.80. The second kappa shape index (κ2) is 4.81. The molecule has 0 aliphatic rings. The van der Waals surface area contributed by atoms with E-state index in [1.165, 1.54) is 6.08 Å². The zero-order valence-corrected chi connectivity index (χ0v) is 9.15. The number of hydrogen-bond acceptors (Lipinski definition) is 2. The summed E-state index contributed by atoms with van der Waals surface area (Å²) in [6, 6.07) is 11.3. The van der Waals surface area contributed by atoms with Gasteiger partial charge in [-0.2, -0.15) is 0 Å². The van der Waals surface area contributed by atoms with Crippen LogP contribution in [0.3, 0.4) is 0 Å². The maximum Gasteiger partial charge on any atom is 0.245 e. The minimum atomic E-state index is -0.491. The second-order valence-corrected chi connectivity index (χ2v) is 3.57. The van der Waals surface area contributed by atoms with E-state index in [0.717, 1.165) is 16.9 Å². The van der Waals surface area contributed by atoms with Crippen molar-refractivity contribution in [1.82, 2.24) is 0 Å². The number of hydrogen-bond donors (Lipinski definition) is 0. The third-order valence-electron chi connectivity index (χ3n) is 2.14. The molecule has 0 unspecified atom stereocenters. The van der Waals surface area contributed by atoms with Crippen molar-refractivity contribution >= 4 is 22.9 Å². The molecule has 0 N–H and O–H groups in total. The molecule has 80 valence electrons. The van der Waals surface area contributed by atoms with E-state index < -0.39 is 5.24 Å². The number of benzene rings is 1. The van der Waals surface area contributed by atoms with Crippen LogP contribution < -0.4 is 0 Å². The molecule has 0 amide bonds. The van der Waals surface area contributed by atoms with Gasteiger partial charge in [-0.15, -0.1) is 0 Å². The van der Waals surface area contributed by atoms with Crippen molar-refractivity contribution < 1.29 is 9.21 Å². The Bertz CT molecular complexity index is 512. The van der Waals surface area contributed by atoms with Crippen LogP contribution in [0.25, 0.3) is 17.4 Å². The quantitative estimate of drug-likeness (QED) is 0.596. The Labute approximate surface area is 98.2 Å². The van der Waals surface area contributed by atoms with E-state index in [9.17, 15) is 4.79 Å². The Balaban J connectivity index is 2.42. The van der Waals surface area contributed by atoms with Crippen LogP contribution in [-0.4, -0.2) is 5.24 Å². The van der Waals surface area contributed by atoms with Crippen molar-refractivity contribution in [3.63, 3.8) is 0 Å². The van der Waals surface area contributed by atoms with E-state index in [2.05, 4.69) is 0 Å². The Morgan fingerprint density at radius 3 is 2.69 bits per heavy atom. The van der Waals surface area contributed by atoms with Crippen LogP contribution in [0.4, 0.5) is 0 Å². The molecule has 2 aromatic rings. The van der Waals surface area contributed by atoms with Gasteiger partial charge in [-0.1, -0.05) is 24.3 Å². The minimum absolute atomic E-state index is 0.491. The Morgan fingerprint density at radius 1 is 1.19 bits per heavy atom. The lowest BCUT2D eigenvalue weighted by atomic mass is 10.1. The predicted molar refractivity (Wildman–Crippen MR) is 64.0 cm³/mol. The maximum atomic E-state index is 10.7. The highest BCUT2D eigenvalue weighted by atomic mass is 35.5. The summed E-state index contributed by atoms with van der Waals surface area (Å²) in [5.74, 6) is 0.766. The SMILES string of the molecule is O=C(Cl)C=Cc1ccccc1-c1ccco1. The van der Waals surface area contributed by atoms with E-state index in [-0.39, 0.29) is 0 Å². The third kappa shape index (κ3) is 2.41. The van der Waals surface area contributed by atoms with Crippen LogP contribution >= 0.6 is 11.6 Å². The van der Waals surface area contributed by atoms with Gasteiger partial charge in [0.05, 0.1) is 6.26 Å². The number of carbonyl (C=O) groups excluding carboxylic acids is 1. The van der Waals surface area contributed by atoms with Crippen LogP contribution in [0.15, 0.2) is 53.2 Å². The summed E-state index contributed by atoms with van der Waals surface area (Å²) in [6.45, 7) is 0. The van der Waals surface area contributed by atoms with Crippen molar-refractivity contribution in [2.75, 3.05) is 0 Å². The summed E-state index contributed by atoms with van der Waals surface area (Å²) in [7, 11) is 0. The highest BCUT2D eigenvalue weighted by Gasteiger charge is 2.04. The lowest BCUT2D eigenvalue weighted by Crippen LogP contribution is -1.82. The largest absolute Gasteiger partial charge is 0.464 e. The number of rotatable bonds is 3. The Hall–Kier alpha value is -1.80. The van der Waals surface area contributed by atoms with Crippen molar-refractivity contribution in [3.8, 4) is 11.3 Å². The Kier molecular flexibility index (Phi) is 3.22. The van der Waals surface area contributed by atoms with Gasteiger partial charge in [0.15, 0.2) is 0 Å². The first-order valence-corrected chi connectivity index (χ1v) is 5.15. The fraction of sp³-hybridized carbons (Fsp3) is 0. The number of allylic oxidation sites excluding steroid dienone is 1. The monoisotopic (exact) mass is 232 g/mol. The molecular formula is C13H9ClO2. The van der Waals surface area contributed by atoms with Gasteiger partial charge in [0, 0.05) is 5.56 Å². The highest BCUT2D eigenvalue weighted by Crippen LogP contribution is 2.24. The van der Waals surface area contributed by atoms with Gasteiger partial charge in [0.25, 0.3) is 0 Å². The third-order valence-corrected chi connectivity index (χ3v) is 2.27. The summed E-state index contributed by atoms with van der Waals surface area (Å²) < 4.78 is 5.32. The fourth-order valence-corrected chi connectivity index (χ4v) is 1.52. The van der Waals surface area contributed by atoms with Crippen molar-refractivity contribution in [2.45, 2.75) is 0 Å². The van der Waals surface area contributed by atoms with Crippen LogP contribution in [-0.2, 0) is 4.79 Å². The van der Waals surface area contributed by atoms with Gasteiger partial charge in [-0.25, -0.2) is 0 Å². The molecular weight excluding hydrogens is 224 g/mol. The van der Waals surface area contributed by atoms with E-state index in [0.29, 0.717) is 0 Å². The first kappa shape index (κ1) is 10.7. The summed E-state index contributed by atoms with van der Waals surface area (Å²) in [5, 5.41) is -0.491. The zero-order chi connectivity index (χ0) is 11.4. The van der Waals surface area contributed by atoms with Gasteiger partial charge >= 0.3 is 0 Å². The topological polar surface area (TPSA) is 30.2 Å². The van der Waals surface area contributed by atoms with Crippen LogP contribution in [0, 0.1) is 0 Å². The zero-order valence-electron chi connectivity index (χ0n) is 8.39. The number of furan rings is 1. The van der Waals surface area contributed by atoms with E-state index in [1.807, 2.05) is 36.4 Å². The lowest BCUT2D eigenvalue weighted by Gasteiger charge is -2.01. The molecule has 0 radical (unpaired) electrons. The molecule has 1 heterocycles. The molecule has 1 aromatic heterocycles. The molecule has 0 saturated heterocycles. The molecule has 0 fully saturated rings. The van der Waals surface area contributed by atoms with Gasteiger partial charge in [-0.05, 0) is 41.4 Å². The molecule has 0 aliphatic heterocycles. The Morgan fingerprint density at radius 2 is 2.00 bits per heavy atom. The van der Waals surface area contributed by atoms with Gasteiger partial charge in [0.1, 0.15) is 5.76 Å². The summed E-state index contributed by atoms with van der Waals surface area (Å²) in [5.41, 5.74) is 1.83. The molecule has 0 atom stereocenters. The molecule has 2 rings (SSSR count). The van der Waals surface area contributed by atoms with Crippen LogP contribution in [0.5, 0.6) is 0 Å². The number of halogens is 1. The summed E-state index contributed by atoms with van der Waals surface area (Å²) in [4.78, 5) is 10.7. The molecule has 3 heteroatoms. The molecule has 1 aromatic carbocycles. The predicted octanol–water partition coefficient (Wildman–Crippen LogP) is 3.73. The molecule has 2 nitrogen and oxygen atoms in total. The van der Waals surface area contributed by atoms with E-state index in [4.69, 9.17) is 16.0 Å². The maximum absolute atomic E-state index is 10.7. The highest BCUT2D eigenvalue weighted by molar-refractivity contribution is 6.66.